The molecule has 1 N–H and O–H groups in total. The SMILES string of the molecule is CCCCCOC(C)CCCC=Cc1ccc(-c2ccc(-c3ncc(O)cn3)cc2)cc1F. The lowest BCUT2D eigenvalue weighted by atomic mass is 10.0. The molecule has 0 aliphatic heterocycles. The molecule has 174 valence electrons. The highest BCUT2D eigenvalue weighted by molar-refractivity contribution is 5.69. The maximum atomic E-state index is 14.6. The molecule has 1 aromatic heterocycles. The Labute approximate surface area is 196 Å². The van der Waals surface area contributed by atoms with Gasteiger partial charge in [-0.15, -0.1) is 0 Å². The summed E-state index contributed by atoms with van der Waals surface area (Å²) in [6, 6.07) is 12.9. The van der Waals surface area contributed by atoms with Crippen LogP contribution < -0.4 is 0 Å². The molecule has 5 heteroatoms. The molecule has 0 spiro atoms. The lowest BCUT2D eigenvalue weighted by Gasteiger charge is -2.12. The molecule has 2 aromatic carbocycles. The summed E-state index contributed by atoms with van der Waals surface area (Å²) in [4.78, 5) is 8.22. The van der Waals surface area contributed by atoms with Crippen LogP contribution >= 0.6 is 0 Å². The molecule has 0 bridgehead atoms. The third-order valence-corrected chi connectivity index (χ3v) is 5.54. The van der Waals surface area contributed by atoms with Crippen molar-refractivity contribution in [1.29, 1.82) is 0 Å². The Hall–Kier alpha value is -3.05. The molecule has 0 radical (unpaired) electrons. The number of unbranched alkanes of at least 4 members (excludes halogenated alkanes) is 3. The van der Waals surface area contributed by atoms with Crippen LogP contribution in [-0.4, -0.2) is 27.8 Å². The monoisotopic (exact) mass is 448 g/mol. The molecule has 33 heavy (non-hydrogen) atoms. The largest absolute Gasteiger partial charge is 0.505 e. The van der Waals surface area contributed by atoms with Crippen LogP contribution in [0.15, 0.2) is 60.9 Å². The quantitative estimate of drug-likeness (QED) is 0.293. The second-order valence-corrected chi connectivity index (χ2v) is 8.30. The first-order chi connectivity index (χ1) is 16.1. The molecule has 0 saturated carbocycles. The Kier molecular flexibility index (Phi) is 9.58. The smallest absolute Gasteiger partial charge is 0.159 e. The van der Waals surface area contributed by atoms with Crippen LogP contribution in [0.5, 0.6) is 5.75 Å². The Morgan fingerprint density at radius 3 is 2.36 bits per heavy atom. The predicted octanol–water partition coefficient (Wildman–Crippen LogP) is 7.43. The molecular weight excluding hydrogens is 415 g/mol. The third-order valence-electron chi connectivity index (χ3n) is 5.54. The lowest BCUT2D eigenvalue weighted by molar-refractivity contribution is 0.0566. The summed E-state index contributed by atoms with van der Waals surface area (Å²) in [6.07, 6.45) is 13.4. The van der Waals surface area contributed by atoms with E-state index in [-0.39, 0.29) is 17.7 Å². The Morgan fingerprint density at radius 1 is 0.970 bits per heavy atom. The van der Waals surface area contributed by atoms with Gasteiger partial charge < -0.3 is 9.84 Å². The average Bonchev–Trinajstić information content (AvgIpc) is 2.83. The number of hydrogen-bond acceptors (Lipinski definition) is 4. The molecule has 0 saturated heterocycles. The van der Waals surface area contributed by atoms with Crippen molar-refractivity contribution < 1.29 is 14.2 Å². The molecule has 1 unspecified atom stereocenters. The fourth-order valence-corrected chi connectivity index (χ4v) is 3.58. The van der Waals surface area contributed by atoms with E-state index in [1.54, 1.807) is 6.07 Å². The standard InChI is InChI=1S/C28H33FN2O2/c1-3-4-8-17-33-21(2)9-6-5-7-10-23-13-16-25(18-27(23)29)22-11-14-24(15-12-22)28-30-19-26(32)20-31-28/h7,10-16,18-21,32H,3-6,8-9,17H2,1-2H3. The van der Waals surface area contributed by atoms with Gasteiger partial charge in [-0.05, 0) is 49.8 Å². The van der Waals surface area contributed by atoms with Crippen LogP contribution in [0.3, 0.4) is 0 Å². The summed E-state index contributed by atoms with van der Waals surface area (Å²) >= 11 is 0. The highest BCUT2D eigenvalue weighted by Crippen LogP contribution is 2.25. The first-order valence-electron chi connectivity index (χ1n) is 11.8. The highest BCUT2D eigenvalue weighted by atomic mass is 19.1. The van der Waals surface area contributed by atoms with Crippen molar-refractivity contribution in [2.24, 2.45) is 0 Å². The molecule has 1 atom stereocenters. The van der Waals surface area contributed by atoms with E-state index in [4.69, 9.17) is 4.74 Å². The van der Waals surface area contributed by atoms with Crippen LogP contribution in [0.4, 0.5) is 4.39 Å². The summed E-state index contributed by atoms with van der Waals surface area (Å²) in [5.41, 5.74) is 3.16. The fourth-order valence-electron chi connectivity index (χ4n) is 3.58. The maximum absolute atomic E-state index is 14.6. The number of rotatable bonds is 12. The minimum absolute atomic E-state index is 0.0290. The van der Waals surface area contributed by atoms with Gasteiger partial charge in [-0.3, -0.25) is 0 Å². The molecular formula is C28H33FN2O2. The van der Waals surface area contributed by atoms with E-state index in [2.05, 4.69) is 23.8 Å². The second kappa shape index (κ2) is 12.9. The van der Waals surface area contributed by atoms with Crippen molar-refractivity contribution in [3.05, 3.63) is 72.3 Å². The van der Waals surface area contributed by atoms with Gasteiger partial charge in [0, 0.05) is 17.7 Å². The van der Waals surface area contributed by atoms with Crippen molar-refractivity contribution in [3.63, 3.8) is 0 Å². The van der Waals surface area contributed by atoms with Crippen LogP contribution in [0, 0.1) is 5.82 Å². The zero-order valence-electron chi connectivity index (χ0n) is 19.5. The minimum Gasteiger partial charge on any atom is -0.505 e. The van der Waals surface area contributed by atoms with Gasteiger partial charge in [0.05, 0.1) is 18.5 Å². The lowest BCUT2D eigenvalue weighted by Crippen LogP contribution is -2.08. The van der Waals surface area contributed by atoms with E-state index in [0.717, 1.165) is 49.0 Å². The van der Waals surface area contributed by atoms with E-state index in [0.29, 0.717) is 11.4 Å². The zero-order chi connectivity index (χ0) is 23.5. The molecule has 0 amide bonds. The van der Waals surface area contributed by atoms with Crippen LogP contribution in [0.1, 0.15) is 57.9 Å². The normalized spacial score (nSPS) is 12.3. The van der Waals surface area contributed by atoms with Gasteiger partial charge in [-0.2, -0.15) is 0 Å². The average molecular weight is 449 g/mol. The summed E-state index contributed by atoms with van der Waals surface area (Å²) in [5, 5.41) is 9.32. The number of aromatic hydroxyl groups is 1. The van der Waals surface area contributed by atoms with Gasteiger partial charge >= 0.3 is 0 Å². The number of halogens is 1. The predicted molar refractivity (Wildman–Crippen MR) is 132 cm³/mol. The van der Waals surface area contributed by atoms with E-state index in [9.17, 15) is 9.50 Å². The molecule has 3 rings (SSSR count). The van der Waals surface area contributed by atoms with E-state index >= 15 is 0 Å². The van der Waals surface area contributed by atoms with Gasteiger partial charge in [-0.25, -0.2) is 14.4 Å². The third kappa shape index (κ3) is 7.79. The molecule has 1 heterocycles. The molecule has 0 aliphatic carbocycles. The number of ether oxygens (including phenoxy) is 1. The number of benzene rings is 2. The summed E-state index contributed by atoms with van der Waals surface area (Å²) in [7, 11) is 0. The topological polar surface area (TPSA) is 55.2 Å². The molecule has 0 aliphatic rings. The van der Waals surface area contributed by atoms with E-state index < -0.39 is 0 Å². The van der Waals surface area contributed by atoms with E-state index in [1.807, 2.05) is 48.6 Å². The fraction of sp³-hybridized carbons (Fsp3) is 0.357. The first kappa shape index (κ1) is 24.6. The Bertz CT molecular complexity index is 1020. The molecule has 3 aromatic rings. The molecule has 0 fully saturated rings. The molecule has 4 nitrogen and oxygen atoms in total. The van der Waals surface area contributed by atoms with Gasteiger partial charge in [0.25, 0.3) is 0 Å². The number of hydrogen-bond donors (Lipinski definition) is 1. The van der Waals surface area contributed by atoms with Gasteiger partial charge in [0.2, 0.25) is 0 Å². The van der Waals surface area contributed by atoms with Gasteiger partial charge in [0.1, 0.15) is 5.82 Å². The highest BCUT2D eigenvalue weighted by Gasteiger charge is 2.06. The Balaban J connectivity index is 1.51. The Morgan fingerprint density at radius 2 is 1.67 bits per heavy atom. The summed E-state index contributed by atoms with van der Waals surface area (Å²) in [5.74, 6) is 0.326. The maximum Gasteiger partial charge on any atom is 0.159 e. The summed E-state index contributed by atoms with van der Waals surface area (Å²) < 4.78 is 20.5. The van der Waals surface area contributed by atoms with Gasteiger partial charge in [0.15, 0.2) is 11.6 Å². The van der Waals surface area contributed by atoms with Crippen molar-refractivity contribution in [2.75, 3.05) is 6.61 Å². The van der Waals surface area contributed by atoms with Crippen LogP contribution in [-0.2, 0) is 4.74 Å². The zero-order valence-corrected chi connectivity index (χ0v) is 19.5. The van der Waals surface area contributed by atoms with Crippen molar-refractivity contribution in [2.45, 2.75) is 58.5 Å². The van der Waals surface area contributed by atoms with Crippen LogP contribution in [0.25, 0.3) is 28.6 Å². The van der Waals surface area contributed by atoms with Crippen molar-refractivity contribution in [3.8, 4) is 28.3 Å². The van der Waals surface area contributed by atoms with Crippen molar-refractivity contribution >= 4 is 6.08 Å². The minimum atomic E-state index is -0.234. The first-order valence-corrected chi connectivity index (χ1v) is 11.8. The van der Waals surface area contributed by atoms with E-state index in [1.165, 1.54) is 25.2 Å². The number of nitrogens with zero attached hydrogens (tertiary/aromatic N) is 2. The van der Waals surface area contributed by atoms with Crippen molar-refractivity contribution in [1.82, 2.24) is 9.97 Å². The number of aromatic nitrogens is 2. The number of allylic oxidation sites excluding steroid dienone is 1. The second-order valence-electron chi connectivity index (χ2n) is 8.30. The summed E-state index contributed by atoms with van der Waals surface area (Å²) in [6.45, 7) is 5.16. The van der Waals surface area contributed by atoms with Gasteiger partial charge in [-0.1, -0.05) is 68.3 Å². The van der Waals surface area contributed by atoms with Crippen LogP contribution in [0.2, 0.25) is 0 Å².